The van der Waals surface area contributed by atoms with Gasteiger partial charge < -0.3 is 10.0 Å². The van der Waals surface area contributed by atoms with E-state index in [1.165, 1.54) is 0 Å². The molecule has 4 rings (SSSR count). The van der Waals surface area contributed by atoms with Gasteiger partial charge in [-0.15, -0.1) is 22.7 Å². The molecule has 0 aromatic carbocycles. The molecule has 1 saturated carbocycles. The van der Waals surface area contributed by atoms with Crippen LogP contribution in [-0.4, -0.2) is 59.0 Å². The molecule has 3 heterocycles. The first-order valence-corrected chi connectivity index (χ1v) is 9.56. The second-order valence-corrected chi connectivity index (χ2v) is 8.24. The number of amides is 1. The maximum Gasteiger partial charge on any atom is 0.321 e. The summed E-state index contributed by atoms with van der Waals surface area (Å²) in [6.07, 6.45) is 2.03. The number of nitrogens with zero attached hydrogens (tertiary/aromatic N) is 2. The van der Waals surface area contributed by atoms with Crippen molar-refractivity contribution in [1.29, 1.82) is 0 Å². The molecule has 0 bridgehead atoms. The number of fused-ring (bicyclic) bond motifs is 1. The molecule has 5 nitrogen and oxygen atoms in total. The van der Waals surface area contributed by atoms with Crippen LogP contribution in [0.2, 0.25) is 0 Å². The number of carboxylic acids is 1. The van der Waals surface area contributed by atoms with E-state index in [4.69, 9.17) is 0 Å². The average Bonchev–Trinajstić information content (AvgIpc) is 3.11. The highest BCUT2D eigenvalue weighted by atomic mass is 32.1. The highest BCUT2D eigenvalue weighted by molar-refractivity contribution is 7.27. The Bertz CT molecular complexity index is 713. The van der Waals surface area contributed by atoms with Crippen molar-refractivity contribution in [1.82, 2.24) is 9.80 Å². The number of rotatable bonds is 4. The number of aliphatic carboxylic acids is 1. The molecule has 0 spiro atoms. The van der Waals surface area contributed by atoms with E-state index < -0.39 is 5.97 Å². The molecule has 1 aliphatic carbocycles. The topological polar surface area (TPSA) is 60.9 Å². The van der Waals surface area contributed by atoms with Gasteiger partial charge in [0.15, 0.2) is 0 Å². The van der Waals surface area contributed by atoms with Crippen molar-refractivity contribution in [3.63, 3.8) is 0 Å². The Hall–Kier alpha value is -1.44. The molecule has 2 fully saturated rings. The number of carbonyl (C=O) groups excluding carboxylic acids is 1. The van der Waals surface area contributed by atoms with E-state index in [0.29, 0.717) is 32.1 Å². The van der Waals surface area contributed by atoms with E-state index in [0.717, 1.165) is 27.1 Å². The number of hydrogen-bond donors (Lipinski definition) is 1. The van der Waals surface area contributed by atoms with Crippen LogP contribution in [0.4, 0.5) is 0 Å². The van der Waals surface area contributed by atoms with E-state index in [1.54, 1.807) is 22.7 Å². The molecule has 1 N–H and O–H groups in total. The van der Waals surface area contributed by atoms with Gasteiger partial charge in [-0.3, -0.25) is 14.5 Å². The Morgan fingerprint density at radius 1 is 1.17 bits per heavy atom. The molecule has 2 aliphatic rings. The summed E-state index contributed by atoms with van der Waals surface area (Å²) in [4.78, 5) is 28.8. The summed E-state index contributed by atoms with van der Waals surface area (Å²) in [6, 6.07) is 3.66. The van der Waals surface area contributed by atoms with Gasteiger partial charge in [0.1, 0.15) is 6.04 Å². The first kappa shape index (κ1) is 15.1. The number of hydrogen-bond acceptors (Lipinski definition) is 5. The van der Waals surface area contributed by atoms with E-state index in [1.807, 2.05) is 27.3 Å². The second-order valence-electron chi connectivity index (χ2n) is 6.21. The van der Waals surface area contributed by atoms with Crippen LogP contribution in [0.5, 0.6) is 0 Å². The Labute approximate surface area is 142 Å². The predicted molar refractivity (Wildman–Crippen MR) is 91.3 cm³/mol. The van der Waals surface area contributed by atoms with Crippen molar-refractivity contribution in [3.8, 4) is 0 Å². The van der Waals surface area contributed by atoms with Gasteiger partial charge in [0.25, 0.3) is 5.91 Å². The van der Waals surface area contributed by atoms with Crippen LogP contribution >= 0.6 is 22.7 Å². The fraction of sp³-hybridized carbons (Fsp3) is 0.500. The van der Waals surface area contributed by atoms with Gasteiger partial charge in [-0.25, -0.2) is 0 Å². The Morgan fingerprint density at radius 3 is 2.52 bits per heavy atom. The predicted octanol–water partition coefficient (Wildman–Crippen LogP) is 2.58. The normalized spacial score (nSPS) is 20.8. The van der Waals surface area contributed by atoms with Gasteiger partial charge in [-0.2, -0.15) is 0 Å². The summed E-state index contributed by atoms with van der Waals surface area (Å²) >= 11 is 3.20. The first-order chi connectivity index (χ1) is 11.1. The van der Waals surface area contributed by atoms with Gasteiger partial charge in [0.05, 0.1) is 4.88 Å². The molecule has 7 heteroatoms. The fourth-order valence-corrected chi connectivity index (χ4v) is 5.37. The van der Waals surface area contributed by atoms with Crippen LogP contribution in [-0.2, 0) is 4.79 Å². The third-order valence-electron chi connectivity index (χ3n) is 4.67. The Kier molecular flexibility index (Phi) is 3.87. The van der Waals surface area contributed by atoms with Crippen LogP contribution in [0, 0.1) is 5.92 Å². The Balaban J connectivity index is 1.41. The van der Waals surface area contributed by atoms with E-state index in [-0.39, 0.29) is 11.9 Å². The molecule has 1 amide bonds. The number of thiophene rings is 2. The maximum atomic E-state index is 12.6. The highest BCUT2D eigenvalue weighted by Gasteiger charge is 2.41. The maximum absolute atomic E-state index is 12.6. The minimum absolute atomic E-state index is 0.0800. The summed E-state index contributed by atoms with van der Waals surface area (Å²) in [7, 11) is 0. The van der Waals surface area contributed by atoms with E-state index >= 15 is 0 Å². The number of carboxylic acid groups (broad SMARTS) is 1. The molecule has 2 aromatic rings. The molecule has 2 aromatic heterocycles. The fourth-order valence-electron chi connectivity index (χ4n) is 3.30. The monoisotopic (exact) mass is 350 g/mol. The number of piperazine rings is 1. The third kappa shape index (κ3) is 2.88. The van der Waals surface area contributed by atoms with Gasteiger partial charge >= 0.3 is 5.97 Å². The average molecular weight is 350 g/mol. The third-order valence-corrected chi connectivity index (χ3v) is 6.75. The molecular formula is C16H18N2O3S2. The molecular weight excluding hydrogens is 332 g/mol. The summed E-state index contributed by atoms with van der Waals surface area (Å²) in [5, 5.41) is 11.5. The van der Waals surface area contributed by atoms with Crippen molar-refractivity contribution in [2.24, 2.45) is 5.92 Å². The molecule has 0 radical (unpaired) electrons. The highest BCUT2D eigenvalue weighted by Crippen LogP contribution is 2.36. The first-order valence-electron chi connectivity index (χ1n) is 7.86. The van der Waals surface area contributed by atoms with E-state index in [2.05, 4.69) is 0 Å². The van der Waals surface area contributed by atoms with Gasteiger partial charge in [-0.05, 0) is 36.3 Å². The summed E-state index contributed by atoms with van der Waals surface area (Å²) in [6.45, 7) is 2.53. The van der Waals surface area contributed by atoms with Crippen molar-refractivity contribution in [2.45, 2.75) is 18.9 Å². The molecule has 1 aliphatic heterocycles. The lowest BCUT2D eigenvalue weighted by Gasteiger charge is -2.37. The molecule has 122 valence electrons. The zero-order chi connectivity index (χ0) is 16.0. The molecule has 1 atom stereocenters. The minimum Gasteiger partial charge on any atom is -0.480 e. The van der Waals surface area contributed by atoms with Crippen molar-refractivity contribution in [3.05, 3.63) is 22.4 Å². The van der Waals surface area contributed by atoms with Crippen molar-refractivity contribution < 1.29 is 14.7 Å². The standard InChI is InChI=1S/C16H18N2O3S2/c19-15(13-9-12-11(23-13)3-8-22-12)18-6-4-17(5-7-18)14(16(20)21)10-1-2-10/h3,8-10,14H,1-2,4-7H2,(H,20,21). The molecule has 23 heavy (non-hydrogen) atoms. The van der Waals surface area contributed by atoms with Crippen LogP contribution in [0.15, 0.2) is 17.5 Å². The van der Waals surface area contributed by atoms with Gasteiger partial charge in [0, 0.05) is 35.6 Å². The Morgan fingerprint density at radius 2 is 1.91 bits per heavy atom. The second kappa shape index (κ2) is 5.89. The van der Waals surface area contributed by atoms with Gasteiger partial charge in [-0.1, -0.05) is 0 Å². The molecule has 1 unspecified atom stereocenters. The summed E-state index contributed by atoms with van der Waals surface area (Å²) < 4.78 is 2.33. The van der Waals surface area contributed by atoms with Gasteiger partial charge in [0.2, 0.25) is 0 Å². The lowest BCUT2D eigenvalue weighted by atomic mass is 10.1. The molecule has 1 saturated heterocycles. The zero-order valence-electron chi connectivity index (χ0n) is 12.6. The van der Waals surface area contributed by atoms with E-state index in [9.17, 15) is 14.7 Å². The SMILES string of the molecule is O=C(O)C(C1CC1)N1CCN(C(=O)c2cc3sccc3s2)CC1. The lowest BCUT2D eigenvalue weighted by Crippen LogP contribution is -2.54. The largest absolute Gasteiger partial charge is 0.480 e. The zero-order valence-corrected chi connectivity index (χ0v) is 14.2. The van der Waals surface area contributed by atoms with Crippen LogP contribution in [0.3, 0.4) is 0 Å². The van der Waals surface area contributed by atoms with Crippen LogP contribution in [0.1, 0.15) is 22.5 Å². The summed E-state index contributed by atoms with van der Waals surface area (Å²) in [5.74, 6) is -0.332. The van der Waals surface area contributed by atoms with Crippen LogP contribution in [0.25, 0.3) is 9.40 Å². The minimum atomic E-state index is -0.717. The van der Waals surface area contributed by atoms with Crippen molar-refractivity contribution in [2.75, 3.05) is 26.2 Å². The van der Waals surface area contributed by atoms with Crippen molar-refractivity contribution >= 4 is 43.9 Å². The number of carbonyl (C=O) groups is 2. The van der Waals surface area contributed by atoms with Crippen LogP contribution < -0.4 is 0 Å². The smallest absolute Gasteiger partial charge is 0.321 e. The quantitative estimate of drug-likeness (QED) is 0.921. The summed E-state index contributed by atoms with van der Waals surface area (Å²) in [5.41, 5.74) is 0. The lowest BCUT2D eigenvalue weighted by molar-refractivity contribution is -0.144.